The number of aliphatic hydroxyl groups is 1. The maximum absolute atomic E-state index is 10.5. The molecular formula is C14H22O2. The zero-order chi connectivity index (χ0) is 11.9. The van der Waals surface area contributed by atoms with Crippen LogP contribution in [0.3, 0.4) is 0 Å². The van der Waals surface area contributed by atoms with Gasteiger partial charge in [-0.3, -0.25) is 0 Å². The van der Waals surface area contributed by atoms with Gasteiger partial charge in [0, 0.05) is 19.6 Å². The van der Waals surface area contributed by atoms with Crippen molar-refractivity contribution in [3.63, 3.8) is 0 Å². The largest absolute Gasteiger partial charge is 0.385 e. The Balaban J connectivity index is 2.33. The highest BCUT2D eigenvalue weighted by Crippen LogP contribution is 2.53. The van der Waals surface area contributed by atoms with E-state index in [0.29, 0.717) is 17.8 Å². The van der Waals surface area contributed by atoms with Crippen molar-refractivity contribution in [2.75, 3.05) is 13.7 Å². The van der Waals surface area contributed by atoms with Crippen molar-refractivity contribution in [3.05, 3.63) is 24.3 Å². The Hall–Kier alpha value is -0.600. The van der Waals surface area contributed by atoms with Crippen LogP contribution in [0, 0.1) is 23.7 Å². The summed E-state index contributed by atoms with van der Waals surface area (Å²) in [6.07, 6.45) is 4.78. The third-order valence-electron chi connectivity index (χ3n) is 4.62. The minimum absolute atomic E-state index is 0.204. The Kier molecular flexibility index (Phi) is 2.97. The van der Waals surface area contributed by atoms with E-state index in [1.807, 2.05) is 0 Å². The van der Waals surface area contributed by atoms with Crippen molar-refractivity contribution in [2.45, 2.75) is 25.9 Å². The van der Waals surface area contributed by atoms with Crippen molar-refractivity contribution in [3.8, 4) is 0 Å². The first-order valence-electron chi connectivity index (χ1n) is 6.06. The van der Waals surface area contributed by atoms with Crippen LogP contribution in [0.1, 0.15) is 20.3 Å². The fourth-order valence-electron chi connectivity index (χ4n) is 3.61. The van der Waals surface area contributed by atoms with Crippen LogP contribution in [0.5, 0.6) is 0 Å². The first-order chi connectivity index (χ1) is 7.53. The van der Waals surface area contributed by atoms with Gasteiger partial charge >= 0.3 is 0 Å². The third kappa shape index (κ3) is 1.56. The van der Waals surface area contributed by atoms with E-state index in [4.69, 9.17) is 4.74 Å². The molecule has 3 rings (SSSR count). The SMILES string of the molecule is C=C[C@@]1(O)C[C@@H]2C(C)=C[C@H]1[C@H](C)[C@H]2COC. The Morgan fingerprint density at radius 1 is 1.69 bits per heavy atom. The number of hydrogen-bond donors (Lipinski definition) is 1. The summed E-state index contributed by atoms with van der Waals surface area (Å²) in [5, 5.41) is 10.5. The van der Waals surface area contributed by atoms with Crippen molar-refractivity contribution < 1.29 is 9.84 Å². The van der Waals surface area contributed by atoms with Gasteiger partial charge in [0.2, 0.25) is 0 Å². The first-order valence-corrected chi connectivity index (χ1v) is 6.06. The van der Waals surface area contributed by atoms with E-state index in [1.54, 1.807) is 13.2 Å². The molecule has 0 amide bonds. The summed E-state index contributed by atoms with van der Waals surface area (Å²) in [4.78, 5) is 0. The average molecular weight is 222 g/mol. The van der Waals surface area contributed by atoms with Crippen LogP contribution in [0.2, 0.25) is 0 Å². The van der Waals surface area contributed by atoms with Gasteiger partial charge in [0.05, 0.1) is 5.60 Å². The molecular weight excluding hydrogens is 200 g/mol. The van der Waals surface area contributed by atoms with E-state index in [2.05, 4.69) is 26.5 Å². The summed E-state index contributed by atoms with van der Waals surface area (Å²) >= 11 is 0. The van der Waals surface area contributed by atoms with Gasteiger partial charge in [0.15, 0.2) is 0 Å². The molecule has 0 radical (unpaired) electrons. The normalized spacial score (nSPS) is 46.6. The van der Waals surface area contributed by atoms with Crippen LogP contribution in [-0.4, -0.2) is 24.4 Å². The molecule has 1 fully saturated rings. The molecule has 2 heteroatoms. The average Bonchev–Trinajstić information content (AvgIpc) is 2.26. The first kappa shape index (κ1) is 11.9. The maximum atomic E-state index is 10.5. The lowest BCUT2D eigenvalue weighted by atomic mass is 9.54. The standard InChI is InChI=1S/C14H22O2/c1-5-14(15)7-11-9(2)6-13(14)10(3)12(11)8-16-4/h5-6,10-13,15H,1,7-8H2,2-4H3/t10-,11-,12-,13+,14-/m1/s1. The fourth-order valence-corrected chi connectivity index (χ4v) is 3.61. The van der Waals surface area contributed by atoms with Crippen LogP contribution >= 0.6 is 0 Å². The topological polar surface area (TPSA) is 29.5 Å². The van der Waals surface area contributed by atoms with Crippen LogP contribution in [0.4, 0.5) is 0 Å². The van der Waals surface area contributed by atoms with Crippen LogP contribution in [0.15, 0.2) is 24.3 Å². The maximum Gasteiger partial charge on any atom is 0.0895 e. The van der Waals surface area contributed by atoms with Crippen LogP contribution < -0.4 is 0 Å². The molecule has 0 spiro atoms. The molecule has 1 saturated carbocycles. The van der Waals surface area contributed by atoms with Crippen molar-refractivity contribution in [1.29, 1.82) is 0 Å². The van der Waals surface area contributed by atoms with Gasteiger partial charge in [0.1, 0.15) is 0 Å². The number of fused-ring (bicyclic) bond motifs is 2. The van der Waals surface area contributed by atoms with E-state index < -0.39 is 5.60 Å². The van der Waals surface area contributed by atoms with E-state index in [9.17, 15) is 5.11 Å². The molecule has 0 aromatic carbocycles. The van der Waals surface area contributed by atoms with Gasteiger partial charge in [-0.2, -0.15) is 0 Å². The Morgan fingerprint density at radius 2 is 2.38 bits per heavy atom. The highest BCUT2D eigenvalue weighted by atomic mass is 16.5. The predicted molar refractivity (Wildman–Crippen MR) is 65.0 cm³/mol. The summed E-state index contributed by atoms with van der Waals surface area (Å²) < 4.78 is 5.32. The molecule has 2 nitrogen and oxygen atoms in total. The third-order valence-corrected chi connectivity index (χ3v) is 4.62. The molecule has 0 aliphatic heterocycles. The predicted octanol–water partition coefficient (Wildman–Crippen LogP) is 2.40. The highest BCUT2D eigenvalue weighted by molar-refractivity contribution is 5.26. The lowest BCUT2D eigenvalue weighted by Crippen LogP contribution is -2.53. The van der Waals surface area contributed by atoms with Crippen molar-refractivity contribution in [1.82, 2.24) is 0 Å². The van der Waals surface area contributed by atoms with Crippen LogP contribution in [-0.2, 0) is 4.74 Å². The number of methoxy groups -OCH3 is 1. The van der Waals surface area contributed by atoms with Gasteiger partial charge in [-0.1, -0.05) is 24.6 Å². The second kappa shape index (κ2) is 4.01. The fraction of sp³-hybridized carbons (Fsp3) is 0.714. The lowest BCUT2D eigenvalue weighted by Gasteiger charge is -2.53. The Morgan fingerprint density at radius 3 is 2.94 bits per heavy atom. The van der Waals surface area contributed by atoms with Gasteiger partial charge in [0.25, 0.3) is 0 Å². The number of hydrogen-bond acceptors (Lipinski definition) is 2. The molecule has 0 heterocycles. The molecule has 0 aromatic heterocycles. The summed E-state index contributed by atoms with van der Waals surface area (Å²) in [5.74, 6) is 1.66. The zero-order valence-corrected chi connectivity index (χ0v) is 10.4. The summed E-state index contributed by atoms with van der Waals surface area (Å²) in [6, 6.07) is 0. The molecule has 90 valence electrons. The summed E-state index contributed by atoms with van der Waals surface area (Å²) in [7, 11) is 1.76. The molecule has 3 aliphatic rings. The molecule has 2 bridgehead atoms. The number of allylic oxidation sites excluding steroid dienone is 1. The number of ether oxygens (including phenoxy) is 1. The highest BCUT2D eigenvalue weighted by Gasteiger charge is 2.51. The molecule has 5 atom stereocenters. The van der Waals surface area contributed by atoms with E-state index in [1.165, 1.54) is 5.57 Å². The second-order valence-corrected chi connectivity index (χ2v) is 5.42. The van der Waals surface area contributed by atoms with Crippen LogP contribution in [0.25, 0.3) is 0 Å². The quantitative estimate of drug-likeness (QED) is 0.743. The van der Waals surface area contributed by atoms with Crippen molar-refractivity contribution in [2.24, 2.45) is 23.7 Å². The molecule has 16 heavy (non-hydrogen) atoms. The molecule has 0 saturated heterocycles. The minimum Gasteiger partial charge on any atom is -0.385 e. The summed E-state index contributed by atoms with van der Waals surface area (Å²) in [5.41, 5.74) is 0.713. The van der Waals surface area contributed by atoms with E-state index in [0.717, 1.165) is 13.0 Å². The van der Waals surface area contributed by atoms with Gasteiger partial charge in [-0.15, -0.1) is 6.58 Å². The van der Waals surface area contributed by atoms with E-state index in [-0.39, 0.29) is 5.92 Å². The smallest absolute Gasteiger partial charge is 0.0895 e. The van der Waals surface area contributed by atoms with Gasteiger partial charge < -0.3 is 9.84 Å². The molecule has 0 aromatic rings. The summed E-state index contributed by atoms with van der Waals surface area (Å²) in [6.45, 7) is 8.98. The Labute approximate surface area is 98.0 Å². The lowest BCUT2D eigenvalue weighted by molar-refractivity contribution is -0.0792. The molecule has 0 unspecified atom stereocenters. The van der Waals surface area contributed by atoms with Gasteiger partial charge in [-0.05, 0) is 31.1 Å². The molecule has 3 aliphatic carbocycles. The monoisotopic (exact) mass is 222 g/mol. The zero-order valence-electron chi connectivity index (χ0n) is 10.4. The minimum atomic E-state index is -0.701. The number of rotatable bonds is 3. The van der Waals surface area contributed by atoms with E-state index >= 15 is 0 Å². The second-order valence-electron chi connectivity index (χ2n) is 5.42. The van der Waals surface area contributed by atoms with Gasteiger partial charge in [-0.25, -0.2) is 0 Å². The Bertz CT molecular complexity index is 321. The molecule has 1 N–H and O–H groups in total. The van der Waals surface area contributed by atoms with Crippen molar-refractivity contribution >= 4 is 0 Å².